The summed E-state index contributed by atoms with van der Waals surface area (Å²) in [6.45, 7) is 3.32. The Morgan fingerprint density at radius 1 is 1.39 bits per heavy atom. The second-order valence-electron chi connectivity index (χ2n) is 3.75. The van der Waals surface area contributed by atoms with Gasteiger partial charge in [0.1, 0.15) is 5.56 Å². The Balaban J connectivity index is 2.76. The first-order valence-electron chi connectivity index (χ1n) is 5.14. The van der Waals surface area contributed by atoms with Gasteiger partial charge in [0, 0.05) is 6.07 Å². The number of fused-ring (bicyclic) bond motifs is 1. The minimum atomic E-state index is -1.14. The molecule has 2 aromatic heterocycles. The van der Waals surface area contributed by atoms with Crippen molar-refractivity contribution < 1.29 is 19.4 Å². The molecule has 94 valence electrons. The zero-order chi connectivity index (χ0) is 13.4. The summed E-state index contributed by atoms with van der Waals surface area (Å²) in [7, 11) is 1.27. The summed E-state index contributed by atoms with van der Waals surface area (Å²) in [5.74, 6) is -1.66. The topological polar surface area (TPSA) is 93.8 Å². The van der Waals surface area contributed by atoms with Crippen LogP contribution in [0, 0.1) is 13.8 Å². The number of carbonyl (C=O) groups excluding carboxylic acids is 1. The fourth-order valence-electron chi connectivity index (χ4n) is 1.80. The van der Waals surface area contributed by atoms with Crippen molar-refractivity contribution in [1.82, 2.24) is 14.6 Å². The van der Waals surface area contributed by atoms with E-state index in [0.29, 0.717) is 22.6 Å². The molecular weight excluding hydrogens is 238 g/mol. The molecule has 7 nitrogen and oxygen atoms in total. The number of methoxy groups -OCH3 is 1. The third-order valence-corrected chi connectivity index (χ3v) is 2.62. The standard InChI is InChI=1S/C11H11N3O4/c1-5-9(11(17)18-3)6(2)14-8(12-5)4-7(13-14)10(15)16/h4H,1-3H3,(H,15,16). The number of aryl methyl sites for hydroxylation is 2. The number of aromatic nitrogens is 3. The van der Waals surface area contributed by atoms with E-state index >= 15 is 0 Å². The molecule has 0 spiro atoms. The maximum absolute atomic E-state index is 11.6. The number of carboxylic acids is 1. The van der Waals surface area contributed by atoms with Crippen LogP contribution in [0.2, 0.25) is 0 Å². The molecule has 7 heteroatoms. The van der Waals surface area contributed by atoms with E-state index in [1.54, 1.807) is 13.8 Å². The van der Waals surface area contributed by atoms with Crippen molar-refractivity contribution in [3.05, 3.63) is 28.7 Å². The maximum atomic E-state index is 11.6. The van der Waals surface area contributed by atoms with Crippen LogP contribution in [0.5, 0.6) is 0 Å². The van der Waals surface area contributed by atoms with Crippen LogP contribution >= 0.6 is 0 Å². The molecule has 18 heavy (non-hydrogen) atoms. The van der Waals surface area contributed by atoms with Crippen LogP contribution in [0.25, 0.3) is 5.65 Å². The zero-order valence-electron chi connectivity index (χ0n) is 10.1. The van der Waals surface area contributed by atoms with Crippen LogP contribution in [-0.2, 0) is 4.74 Å². The average molecular weight is 249 g/mol. The van der Waals surface area contributed by atoms with E-state index in [0.717, 1.165) is 0 Å². The SMILES string of the molecule is COC(=O)c1c(C)nc2cc(C(=O)O)nn2c1C. The van der Waals surface area contributed by atoms with Crippen LogP contribution in [0.1, 0.15) is 32.2 Å². The molecule has 0 aliphatic carbocycles. The van der Waals surface area contributed by atoms with Crippen molar-refractivity contribution in [3.8, 4) is 0 Å². The summed E-state index contributed by atoms with van der Waals surface area (Å²) < 4.78 is 5.99. The molecule has 0 aromatic carbocycles. The highest BCUT2D eigenvalue weighted by molar-refractivity contribution is 5.92. The van der Waals surface area contributed by atoms with Crippen LogP contribution in [-0.4, -0.2) is 38.8 Å². The Labute approximate surface area is 102 Å². The first-order chi connectivity index (χ1) is 8.45. The van der Waals surface area contributed by atoms with Gasteiger partial charge in [0.25, 0.3) is 0 Å². The molecule has 2 heterocycles. The van der Waals surface area contributed by atoms with Crippen LogP contribution in [0.3, 0.4) is 0 Å². The second-order valence-corrected chi connectivity index (χ2v) is 3.75. The quantitative estimate of drug-likeness (QED) is 0.792. The minimum absolute atomic E-state index is 0.119. The lowest BCUT2D eigenvalue weighted by Gasteiger charge is -2.08. The summed E-state index contributed by atoms with van der Waals surface area (Å²) >= 11 is 0. The highest BCUT2D eigenvalue weighted by Gasteiger charge is 2.19. The molecule has 2 aromatic rings. The predicted octanol–water partition coefficient (Wildman–Crippen LogP) is 0.831. The van der Waals surface area contributed by atoms with Crippen molar-refractivity contribution >= 4 is 17.6 Å². The van der Waals surface area contributed by atoms with Gasteiger partial charge in [0.05, 0.1) is 18.5 Å². The third-order valence-electron chi connectivity index (χ3n) is 2.62. The van der Waals surface area contributed by atoms with Gasteiger partial charge >= 0.3 is 11.9 Å². The normalized spacial score (nSPS) is 10.6. The molecule has 0 bridgehead atoms. The number of ether oxygens (including phenoxy) is 1. The average Bonchev–Trinajstić information content (AvgIpc) is 2.72. The highest BCUT2D eigenvalue weighted by atomic mass is 16.5. The van der Waals surface area contributed by atoms with E-state index < -0.39 is 11.9 Å². The van der Waals surface area contributed by atoms with Gasteiger partial charge in [-0.3, -0.25) is 0 Å². The number of carboxylic acid groups (broad SMARTS) is 1. The number of esters is 1. The number of rotatable bonds is 2. The van der Waals surface area contributed by atoms with E-state index in [-0.39, 0.29) is 5.69 Å². The Hall–Kier alpha value is -2.44. The summed E-state index contributed by atoms with van der Waals surface area (Å²) in [5.41, 5.74) is 1.53. The Morgan fingerprint density at radius 2 is 2.06 bits per heavy atom. The molecule has 0 atom stereocenters. The molecule has 1 N–H and O–H groups in total. The van der Waals surface area contributed by atoms with Crippen molar-refractivity contribution in [2.45, 2.75) is 13.8 Å². The molecule has 0 fully saturated rings. The van der Waals surface area contributed by atoms with Crippen molar-refractivity contribution in [2.24, 2.45) is 0 Å². The van der Waals surface area contributed by atoms with E-state index in [9.17, 15) is 9.59 Å². The molecular formula is C11H11N3O4. The lowest BCUT2D eigenvalue weighted by atomic mass is 10.2. The Bertz CT molecular complexity index is 660. The summed E-state index contributed by atoms with van der Waals surface area (Å²) in [6, 6.07) is 1.35. The molecule has 0 radical (unpaired) electrons. The number of aromatic carboxylic acids is 1. The van der Waals surface area contributed by atoms with Gasteiger partial charge in [0.2, 0.25) is 0 Å². The molecule has 0 unspecified atom stereocenters. The van der Waals surface area contributed by atoms with Gasteiger partial charge in [-0.05, 0) is 13.8 Å². The van der Waals surface area contributed by atoms with Crippen LogP contribution < -0.4 is 0 Å². The first-order valence-corrected chi connectivity index (χ1v) is 5.14. The molecule has 0 amide bonds. The monoisotopic (exact) mass is 249 g/mol. The molecule has 0 aliphatic heterocycles. The minimum Gasteiger partial charge on any atom is -0.476 e. The second kappa shape index (κ2) is 4.10. The summed E-state index contributed by atoms with van der Waals surface area (Å²) in [4.78, 5) is 26.6. The summed E-state index contributed by atoms with van der Waals surface area (Å²) in [5, 5.41) is 12.8. The van der Waals surface area contributed by atoms with E-state index in [4.69, 9.17) is 5.11 Å². The maximum Gasteiger partial charge on any atom is 0.356 e. The highest BCUT2D eigenvalue weighted by Crippen LogP contribution is 2.16. The Morgan fingerprint density at radius 3 is 2.61 bits per heavy atom. The molecule has 2 rings (SSSR count). The van der Waals surface area contributed by atoms with Gasteiger partial charge in [0.15, 0.2) is 11.3 Å². The lowest BCUT2D eigenvalue weighted by molar-refractivity contribution is 0.0597. The van der Waals surface area contributed by atoms with Crippen molar-refractivity contribution in [3.63, 3.8) is 0 Å². The number of hydrogen-bond acceptors (Lipinski definition) is 5. The smallest absolute Gasteiger partial charge is 0.356 e. The predicted molar refractivity (Wildman–Crippen MR) is 60.8 cm³/mol. The van der Waals surface area contributed by atoms with E-state index in [1.165, 1.54) is 17.7 Å². The first kappa shape index (κ1) is 12.0. The van der Waals surface area contributed by atoms with Crippen molar-refractivity contribution in [2.75, 3.05) is 7.11 Å². The fraction of sp³-hybridized carbons (Fsp3) is 0.273. The van der Waals surface area contributed by atoms with E-state index in [1.807, 2.05) is 0 Å². The number of hydrogen-bond donors (Lipinski definition) is 1. The fourth-order valence-corrected chi connectivity index (χ4v) is 1.80. The van der Waals surface area contributed by atoms with Gasteiger partial charge in [-0.1, -0.05) is 0 Å². The Kier molecular flexibility index (Phi) is 2.74. The molecule has 0 saturated carbocycles. The largest absolute Gasteiger partial charge is 0.476 e. The number of nitrogens with zero attached hydrogens (tertiary/aromatic N) is 3. The van der Waals surface area contributed by atoms with E-state index in [2.05, 4.69) is 14.8 Å². The van der Waals surface area contributed by atoms with Gasteiger partial charge in [-0.25, -0.2) is 19.1 Å². The van der Waals surface area contributed by atoms with Crippen LogP contribution in [0.4, 0.5) is 0 Å². The number of carbonyl (C=O) groups is 2. The van der Waals surface area contributed by atoms with Crippen LogP contribution in [0.15, 0.2) is 6.07 Å². The zero-order valence-corrected chi connectivity index (χ0v) is 10.1. The lowest BCUT2D eigenvalue weighted by Crippen LogP contribution is -2.12. The molecule has 0 saturated heterocycles. The third kappa shape index (κ3) is 1.69. The van der Waals surface area contributed by atoms with Gasteiger partial charge < -0.3 is 9.84 Å². The van der Waals surface area contributed by atoms with Gasteiger partial charge in [-0.2, -0.15) is 5.10 Å². The molecule has 0 aliphatic rings. The summed E-state index contributed by atoms with van der Waals surface area (Å²) in [6.07, 6.45) is 0. The van der Waals surface area contributed by atoms with Crippen molar-refractivity contribution in [1.29, 1.82) is 0 Å². The van der Waals surface area contributed by atoms with Gasteiger partial charge in [-0.15, -0.1) is 0 Å².